The van der Waals surface area contributed by atoms with Gasteiger partial charge in [-0.2, -0.15) is 5.26 Å². The Kier molecular flexibility index (Phi) is 8.17. The first-order valence-corrected chi connectivity index (χ1v) is 14.0. The maximum absolute atomic E-state index is 12.8. The molecule has 6 nitrogen and oxygen atoms in total. The lowest BCUT2D eigenvalue weighted by molar-refractivity contribution is 0.0734. The van der Waals surface area contributed by atoms with Gasteiger partial charge in [-0.3, -0.25) is 0 Å². The Morgan fingerprint density at radius 1 is 0.952 bits per heavy atom. The van der Waals surface area contributed by atoms with Gasteiger partial charge in [-0.25, -0.2) is 4.79 Å². The molecule has 4 aromatic rings. The number of hydrogen-bond acceptors (Lipinski definition) is 6. The molecule has 0 aliphatic carbocycles. The maximum atomic E-state index is 12.8. The van der Waals surface area contributed by atoms with Crippen molar-refractivity contribution < 1.29 is 19.0 Å². The van der Waals surface area contributed by atoms with Crippen LogP contribution in [0.15, 0.2) is 96.4 Å². The molecule has 1 aliphatic rings. The predicted molar refractivity (Wildman–Crippen MR) is 163 cm³/mol. The lowest BCUT2D eigenvalue weighted by Crippen LogP contribution is -2.21. The van der Waals surface area contributed by atoms with E-state index in [1.165, 1.54) is 0 Å². The largest absolute Gasteiger partial charge is 0.489 e. The molecule has 0 radical (unpaired) electrons. The van der Waals surface area contributed by atoms with Crippen LogP contribution in [0.5, 0.6) is 17.2 Å². The maximum Gasteiger partial charge on any atom is 0.343 e. The minimum Gasteiger partial charge on any atom is -0.489 e. The molecule has 5 rings (SSSR count). The zero-order valence-corrected chi connectivity index (χ0v) is 24.8. The fourth-order valence-corrected chi connectivity index (χ4v) is 5.13. The number of carbonyl (C=O) groups excluding carboxylic acids is 1. The predicted octanol–water partition coefficient (Wildman–Crippen LogP) is 8.31. The van der Waals surface area contributed by atoms with Gasteiger partial charge in [0.25, 0.3) is 0 Å². The molecule has 1 unspecified atom stereocenters. The van der Waals surface area contributed by atoms with Crippen LogP contribution < -0.4 is 19.9 Å². The molecule has 4 aromatic carbocycles. The number of fused-ring (bicyclic) bond motifs is 1. The Hall–Kier alpha value is -4.44. The van der Waals surface area contributed by atoms with Crippen LogP contribution in [0, 0.1) is 11.3 Å². The summed E-state index contributed by atoms with van der Waals surface area (Å²) in [6.07, 6.45) is 0. The van der Waals surface area contributed by atoms with E-state index in [-0.39, 0.29) is 23.5 Å². The van der Waals surface area contributed by atoms with Crippen LogP contribution in [0.25, 0.3) is 0 Å². The molecule has 0 bridgehead atoms. The smallest absolute Gasteiger partial charge is 0.343 e. The topological polar surface area (TPSA) is 94.6 Å². The molecule has 0 amide bonds. The molecule has 0 saturated heterocycles. The molecule has 0 aromatic heterocycles. The van der Waals surface area contributed by atoms with Gasteiger partial charge in [0.1, 0.15) is 35.5 Å². The zero-order valence-electron chi connectivity index (χ0n) is 23.3. The van der Waals surface area contributed by atoms with Gasteiger partial charge in [0.2, 0.25) is 5.88 Å². The van der Waals surface area contributed by atoms with E-state index in [0.29, 0.717) is 32.9 Å². The van der Waals surface area contributed by atoms with E-state index < -0.39 is 11.9 Å². The number of esters is 1. The van der Waals surface area contributed by atoms with Gasteiger partial charge in [-0.1, -0.05) is 80.4 Å². The average Bonchev–Trinajstić information content (AvgIpc) is 2.96. The van der Waals surface area contributed by atoms with Gasteiger partial charge in [-0.15, -0.1) is 0 Å². The van der Waals surface area contributed by atoms with E-state index >= 15 is 0 Å². The summed E-state index contributed by atoms with van der Waals surface area (Å²) in [6, 6.07) is 27.3. The standard InChI is InChI=1S/C34H28Cl2N2O4/c1-34(2,3)23-9-4-21(5-10-23)33(39)41-26-14-15-27-30(17-26)42-32(38)28(18-37)31(27)20-7-12-25(13-8-20)40-19-22-6-11-24(35)16-29(22)36/h4-17,31H,19,38H2,1-3H3. The van der Waals surface area contributed by atoms with Crippen LogP contribution in [0.4, 0.5) is 0 Å². The van der Waals surface area contributed by atoms with Gasteiger partial charge >= 0.3 is 5.97 Å². The fraction of sp³-hybridized carbons (Fsp3) is 0.176. The fourth-order valence-electron chi connectivity index (χ4n) is 4.67. The molecule has 42 heavy (non-hydrogen) atoms. The van der Waals surface area contributed by atoms with Crippen molar-refractivity contribution in [1.29, 1.82) is 5.26 Å². The highest BCUT2D eigenvalue weighted by Crippen LogP contribution is 2.43. The molecule has 0 spiro atoms. The number of hydrogen-bond donors (Lipinski definition) is 1. The highest BCUT2D eigenvalue weighted by molar-refractivity contribution is 6.35. The van der Waals surface area contributed by atoms with Gasteiger partial charge in [0.05, 0.1) is 11.5 Å². The monoisotopic (exact) mass is 598 g/mol. The van der Waals surface area contributed by atoms with Crippen molar-refractivity contribution in [3.8, 4) is 23.3 Å². The van der Waals surface area contributed by atoms with Crippen molar-refractivity contribution in [2.24, 2.45) is 5.73 Å². The lowest BCUT2D eigenvalue weighted by Gasteiger charge is -2.27. The number of halogens is 2. The van der Waals surface area contributed by atoms with Gasteiger partial charge in [0, 0.05) is 27.2 Å². The third-order valence-electron chi connectivity index (χ3n) is 7.01. The SMILES string of the molecule is CC(C)(C)c1ccc(C(=O)Oc2ccc3c(c2)OC(N)=C(C#N)C3c2ccc(OCc3ccc(Cl)cc3Cl)cc2)cc1. The minimum absolute atomic E-state index is 0.00560. The summed E-state index contributed by atoms with van der Waals surface area (Å²) in [6.45, 7) is 6.61. The molecule has 8 heteroatoms. The number of benzene rings is 4. The van der Waals surface area contributed by atoms with Crippen molar-refractivity contribution in [1.82, 2.24) is 0 Å². The number of nitriles is 1. The Morgan fingerprint density at radius 3 is 2.29 bits per heavy atom. The van der Waals surface area contributed by atoms with E-state index in [9.17, 15) is 10.1 Å². The number of allylic oxidation sites excluding steroid dienone is 1. The highest BCUT2D eigenvalue weighted by Gasteiger charge is 2.31. The first-order valence-electron chi connectivity index (χ1n) is 13.2. The van der Waals surface area contributed by atoms with Crippen molar-refractivity contribution in [3.05, 3.63) is 134 Å². The Balaban J connectivity index is 1.35. The van der Waals surface area contributed by atoms with Gasteiger partial charge in [-0.05, 0) is 59.0 Å². The molecule has 0 saturated carbocycles. The van der Waals surface area contributed by atoms with E-state index in [2.05, 4.69) is 26.8 Å². The molecular formula is C34H28Cl2N2O4. The number of rotatable bonds is 6. The van der Waals surface area contributed by atoms with Crippen LogP contribution in [0.1, 0.15) is 59.3 Å². The molecule has 1 aliphatic heterocycles. The first-order chi connectivity index (χ1) is 20.0. The third kappa shape index (κ3) is 6.23. The minimum atomic E-state index is -0.487. The van der Waals surface area contributed by atoms with E-state index in [4.69, 9.17) is 43.1 Å². The van der Waals surface area contributed by atoms with E-state index in [0.717, 1.165) is 22.3 Å². The van der Waals surface area contributed by atoms with Crippen molar-refractivity contribution in [2.45, 2.75) is 38.7 Å². The summed E-state index contributed by atoms with van der Waals surface area (Å²) >= 11 is 12.2. The lowest BCUT2D eigenvalue weighted by atomic mass is 9.83. The highest BCUT2D eigenvalue weighted by atomic mass is 35.5. The van der Waals surface area contributed by atoms with E-state index in [1.807, 2.05) is 42.5 Å². The summed E-state index contributed by atoms with van der Waals surface area (Å²) in [5.41, 5.74) is 10.3. The number of nitrogens with zero attached hydrogens (tertiary/aromatic N) is 1. The summed E-state index contributed by atoms with van der Waals surface area (Å²) in [7, 11) is 0. The molecule has 1 heterocycles. The molecular weight excluding hydrogens is 571 g/mol. The molecule has 1 atom stereocenters. The Labute approximate surface area is 254 Å². The summed E-state index contributed by atoms with van der Waals surface area (Å²) in [5.74, 6) is 0.365. The number of nitrogens with two attached hydrogens (primary N) is 1. The van der Waals surface area contributed by atoms with Gasteiger partial charge < -0.3 is 19.9 Å². The van der Waals surface area contributed by atoms with Crippen molar-refractivity contribution >= 4 is 29.2 Å². The van der Waals surface area contributed by atoms with Crippen LogP contribution in [-0.2, 0) is 12.0 Å². The normalized spacial score (nSPS) is 14.4. The summed E-state index contributed by atoms with van der Waals surface area (Å²) in [4.78, 5) is 12.8. The molecule has 0 fully saturated rings. The zero-order chi connectivity index (χ0) is 30.0. The van der Waals surface area contributed by atoms with Crippen LogP contribution >= 0.6 is 23.2 Å². The van der Waals surface area contributed by atoms with Crippen molar-refractivity contribution in [3.63, 3.8) is 0 Å². The third-order valence-corrected chi connectivity index (χ3v) is 7.60. The molecule has 212 valence electrons. The second kappa shape index (κ2) is 11.8. The Bertz CT molecular complexity index is 1720. The quantitative estimate of drug-likeness (QED) is 0.177. The van der Waals surface area contributed by atoms with Crippen LogP contribution in [0.2, 0.25) is 10.0 Å². The summed E-state index contributed by atoms with van der Waals surface area (Å²) in [5, 5.41) is 11.0. The van der Waals surface area contributed by atoms with Gasteiger partial charge in [0.15, 0.2) is 0 Å². The van der Waals surface area contributed by atoms with Crippen molar-refractivity contribution in [2.75, 3.05) is 0 Å². The van der Waals surface area contributed by atoms with E-state index in [1.54, 1.807) is 42.5 Å². The summed E-state index contributed by atoms with van der Waals surface area (Å²) < 4.78 is 17.3. The van der Waals surface area contributed by atoms with Crippen LogP contribution in [0.3, 0.4) is 0 Å². The molecule has 2 N–H and O–H groups in total. The average molecular weight is 600 g/mol. The number of ether oxygens (including phenoxy) is 3. The van der Waals surface area contributed by atoms with Crippen LogP contribution in [-0.4, -0.2) is 5.97 Å². The Morgan fingerprint density at radius 2 is 1.64 bits per heavy atom. The first kappa shape index (κ1) is 29.1. The number of carbonyl (C=O) groups is 1. The second-order valence-electron chi connectivity index (χ2n) is 10.9. The second-order valence-corrected chi connectivity index (χ2v) is 11.8.